The van der Waals surface area contributed by atoms with E-state index in [4.69, 9.17) is 0 Å². The summed E-state index contributed by atoms with van der Waals surface area (Å²) < 4.78 is 24.9. The molecular formula is C22H28N2O3S. The van der Waals surface area contributed by atoms with Crippen molar-refractivity contribution in [1.82, 2.24) is 9.80 Å². The van der Waals surface area contributed by atoms with Crippen LogP contribution < -0.4 is 0 Å². The van der Waals surface area contributed by atoms with Crippen molar-refractivity contribution in [3.05, 3.63) is 65.7 Å². The van der Waals surface area contributed by atoms with Crippen molar-refractivity contribution in [1.29, 1.82) is 0 Å². The largest absolute Gasteiger partial charge is 0.341 e. The number of hydrogen-bond acceptors (Lipinski definition) is 4. The maximum absolute atomic E-state index is 12.7. The van der Waals surface area contributed by atoms with Crippen molar-refractivity contribution in [2.75, 3.05) is 38.5 Å². The molecule has 0 saturated carbocycles. The molecule has 1 saturated heterocycles. The van der Waals surface area contributed by atoms with Crippen molar-refractivity contribution in [3.63, 3.8) is 0 Å². The Kier molecular flexibility index (Phi) is 6.86. The maximum atomic E-state index is 12.7. The summed E-state index contributed by atoms with van der Waals surface area (Å²) in [5.41, 5.74) is 2.20. The quantitative estimate of drug-likeness (QED) is 0.748. The summed E-state index contributed by atoms with van der Waals surface area (Å²) in [5.74, 6) is 0.248. The molecule has 2 aromatic carbocycles. The molecule has 150 valence electrons. The first-order valence-electron chi connectivity index (χ1n) is 9.77. The van der Waals surface area contributed by atoms with Crippen LogP contribution in [0.2, 0.25) is 0 Å². The molecule has 0 N–H and O–H groups in total. The van der Waals surface area contributed by atoms with Gasteiger partial charge in [-0.25, -0.2) is 8.42 Å². The molecular weight excluding hydrogens is 372 g/mol. The molecule has 0 aromatic heterocycles. The van der Waals surface area contributed by atoms with Crippen LogP contribution in [0.4, 0.5) is 0 Å². The van der Waals surface area contributed by atoms with Crippen molar-refractivity contribution >= 4 is 15.7 Å². The van der Waals surface area contributed by atoms with Crippen LogP contribution in [0.3, 0.4) is 0 Å². The minimum Gasteiger partial charge on any atom is -0.341 e. The molecule has 0 spiro atoms. The summed E-state index contributed by atoms with van der Waals surface area (Å²) in [5, 5.41) is 0. The Balaban J connectivity index is 1.51. The van der Waals surface area contributed by atoms with Gasteiger partial charge in [0.05, 0.1) is 17.1 Å². The monoisotopic (exact) mass is 400 g/mol. The fourth-order valence-corrected chi connectivity index (χ4v) is 4.85. The van der Waals surface area contributed by atoms with E-state index in [1.54, 1.807) is 24.3 Å². The fourth-order valence-electron chi connectivity index (χ4n) is 3.55. The fraction of sp³-hybridized carbons (Fsp3) is 0.409. The SMILES string of the molecule is Cc1cccc(CC(=O)N2CCCN(CCS(=O)(=O)c3ccccc3)CC2)c1. The third-order valence-corrected chi connectivity index (χ3v) is 6.87. The molecule has 0 atom stereocenters. The Labute approximate surface area is 167 Å². The smallest absolute Gasteiger partial charge is 0.227 e. The number of carbonyl (C=O) groups excluding carboxylic acids is 1. The van der Waals surface area contributed by atoms with Crippen LogP contribution in [0.25, 0.3) is 0 Å². The molecule has 5 nitrogen and oxygen atoms in total. The summed E-state index contributed by atoms with van der Waals surface area (Å²) in [6.45, 7) is 5.43. The highest BCUT2D eigenvalue weighted by molar-refractivity contribution is 7.91. The second-order valence-corrected chi connectivity index (χ2v) is 9.48. The van der Waals surface area contributed by atoms with Gasteiger partial charge >= 0.3 is 0 Å². The van der Waals surface area contributed by atoms with Crippen molar-refractivity contribution < 1.29 is 13.2 Å². The number of rotatable bonds is 6. The van der Waals surface area contributed by atoms with Crippen molar-refractivity contribution in [2.24, 2.45) is 0 Å². The molecule has 1 heterocycles. The minimum atomic E-state index is -3.27. The van der Waals surface area contributed by atoms with Crippen molar-refractivity contribution in [2.45, 2.75) is 24.7 Å². The Hall–Kier alpha value is -2.18. The molecule has 1 aliphatic rings. The second-order valence-electron chi connectivity index (χ2n) is 7.37. The van der Waals surface area contributed by atoms with Gasteiger partial charge in [-0.1, -0.05) is 48.0 Å². The zero-order valence-corrected chi connectivity index (χ0v) is 17.2. The van der Waals surface area contributed by atoms with Crippen LogP contribution in [0.1, 0.15) is 17.5 Å². The Morgan fingerprint density at radius 3 is 2.50 bits per heavy atom. The Morgan fingerprint density at radius 1 is 0.964 bits per heavy atom. The van der Waals surface area contributed by atoms with E-state index in [9.17, 15) is 13.2 Å². The lowest BCUT2D eigenvalue weighted by atomic mass is 10.1. The van der Waals surface area contributed by atoms with E-state index in [0.29, 0.717) is 31.0 Å². The third-order valence-electron chi connectivity index (χ3n) is 5.16. The van der Waals surface area contributed by atoms with Gasteiger partial charge in [-0.05, 0) is 37.6 Å². The number of hydrogen-bond donors (Lipinski definition) is 0. The van der Waals surface area contributed by atoms with Gasteiger partial charge in [-0.2, -0.15) is 0 Å². The molecule has 3 rings (SSSR count). The molecule has 1 aliphatic heterocycles. The highest BCUT2D eigenvalue weighted by atomic mass is 32.2. The summed E-state index contributed by atoms with van der Waals surface area (Å²) in [6.07, 6.45) is 1.29. The number of amides is 1. The molecule has 28 heavy (non-hydrogen) atoms. The lowest BCUT2D eigenvalue weighted by molar-refractivity contribution is -0.130. The topological polar surface area (TPSA) is 57.7 Å². The number of sulfone groups is 1. The summed E-state index contributed by atoms with van der Waals surface area (Å²) in [7, 11) is -3.27. The van der Waals surface area contributed by atoms with E-state index in [1.807, 2.05) is 36.1 Å². The van der Waals surface area contributed by atoms with Crippen LogP contribution in [0.5, 0.6) is 0 Å². The molecule has 2 aromatic rings. The molecule has 0 bridgehead atoms. The van der Waals surface area contributed by atoms with Gasteiger partial charge in [0.1, 0.15) is 0 Å². The average molecular weight is 401 g/mol. The van der Waals surface area contributed by atoms with Gasteiger partial charge in [0.15, 0.2) is 9.84 Å². The maximum Gasteiger partial charge on any atom is 0.227 e. The summed E-state index contributed by atoms with van der Waals surface area (Å²) in [4.78, 5) is 17.1. The van der Waals surface area contributed by atoms with Crippen LogP contribution in [-0.2, 0) is 21.1 Å². The first-order chi connectivity index (χ1) is 13.4. The lowest BCUT2D eigenvalue weighted by Crippen LogP contribution is -2.37. The first kappa shape index (κ1) is 20.6. The van der Waals surface area contributed by atoms with E-state index in [2.05, 4.69) is 11.0 Å². The molecule has 1 amide bonds. The average Bonchev–Trinajstić information content (AvgIpc) is 2.93. The van der Waals surface area contributed by atoms with Gasteiger partial charge in [0, 0.05) is 26.2 Å². The zero-order valence-electron chi connectivity index (χ0n) is 16.4. The van der Waals surface area contributed by atoms with E-state index in [0.717, 1.165) is 30.6 Å². The Morgan fingerprint density at radius 2 is 1.75 bits per heavy atom. The highest BCUT2D eigenvalue weighted by Gasteiger charge is 2.21. The van der Waals surface area contributed by atoms with Gasteiger partial charge in [0.2, 0.25) is 5.91 Å². The summed E-state index contributed by atoms with van der Waals surface area (Å²) in [6, 6.07) is 16.6. The molecule has 6 heteroatoms. The third kappa shape index (κ3) is 5.66. The molecule has 0 unspecified atom stereocenters. The van der Waals surface area contributed by atoms with E-state index in [-0.39, 0.29) is 11.7 Å². The van der Waals surface area contributed by atoms with E-state index in [1.165, 1.54) is 0 Å². The van der Waals surface area contributed by atoms with Crippen LogP contribution >= 0.6 is 0 Å². The predicted octanol–water partition coefficient (Wildman–Crippen LogP) is 2.55. The lowest BCUT2D eigenvalue weighted by Gasteiger charge is -2.22. The number of benzene rings is 2. The molecule has 1 fully saturated rings. The number of aryl methyl sites for hydroxylation is 1. The summed E-state index contributed by atoms with van der Waals surface area (Å²) >= 11 is 0. The molecule has 0 radical (unpaired) electrons. The first-order valence-corrected chi connectivity index (χ1v) is 11.4. The zero-order chi connectivity index (χ0) is 20.0. The second kappa shape index (κ2) is 9.34. The van der Waals surface area contributed by atoms with Crippen LogP contribution in [0.15, 0.2) is 59.5 Å². The van der Waals surface area contributed by atoms with Gasteiger partial charge in [-0.3, -0.25) is 4.79 Å². The van der Waals surface area contributed by atoms with Crippen LogP contribution in [-0.4, -0.2) is 62.6 Å². The van der Waals surface area contributed by atoms with E-state index >= 15 is 0 Å². The predicted molar refractivity (Wildman–Crippen MR) is 111 cm³/mol. The van der Waals surface area contributed by atoms with E-state index < -0.39 is 9.84 Å². The normalized spacial score (nSPS) is 16.0. The standard InChI is InChI=1S/C22H28N2O3S/c1-19-7-5-8-20(17-19)18-22(25)24-12-6-11-23(13-14-24)15-16-28(26,27)21-9-3-2-4-10-21/h2-5,7-10,17H,6,11-16,18H2,1H3. The number of nitrogens with zero attached hydrogens (tertiary/aromatic N) is 2. The Bertz CT molecular complexity index is 897. The van der Waals surface area contributed by atoms with Gasteiger partial charge < -0.3 is 9.80 Å². The van der Waals surface area contributed by atoms with Crippen LogP contribution in [0, 0.1) is 6.92 Å². The molecule has 0 aliphatic carbocycles. The van der Waals surface area contributed by atoms with Gasteiger partial charge in [0.25, 0.3) is 0 Å². The highest BCUT2D eigenvalue weighted by Crippen LogP contribution is 2.12. The number of carbonyl (C=O) groups is 1. The van der Waals surface area contributed by atoms with Gasteiger partial charge in [-0.15, -0.1) is 0 Å². The van der Waals surface area contributed by atoms with Crippen molar-refractivity contribution in [3.8, 4) is 0 Å². The minimum absolute atomic E-state index is 0.105.